The van der Waals surface area contributed by atoms with Crippen molar-refractivity contribution < 1.29 is 5.11 Å². The van der Waals surface area contributed by atoms with E-state index in [0.717, 1.165) is 16.2 Å². The first-order valence-corrected chi connectivity index (χ1v) is 6.99. The molecule has 0 aliphatic carbocycles. The minimum atomic E-state index is 0.0900. The average molecular weight is 291 g/mol. The van der Waals surface area contributed by atoms with Crippen molar-refractivity contribution in [2.75, 3.05) is 5.32 Å². The highest BCUT2D eigenvalue weighted by atomic mass is 35.5. The molecular formula is C14H11ClN2OS. The number of fused-ring (bicyclic) bond motifs is 1. The molecule has 0 saturated heterocycles. The summed E-state index contributed by atoms with van der Waals surface area (Å²) >= 11 is 7.52. The van der Waals surface area contributed by atoms with Crippen molar-refractivity contribution in [3.05, 3.63) is 52.5 Å². The van der Waals surface area contributed by atoms with E-state index >= 15 is 0 Å². The van der Waals surface area contributed by atoms with Crippen LogP contribution < -0.4 is 5.32 Å². The summed E-state index contributed by atoms with van der Waals surface area (Å²) in [6.45, 7) is 0.639. The molecule has 0 spiro atoms. The molecule has 19 heavy (non-hydrogen) atoms. The van der Waals surface area contributed by atoms with Gasteiger partial charge in [0.05, 0.1) is 21.8 Å². The van der Waals surface area contributed by atoms with Crippen molar-refractivity contribution in [2.45, 2.75) is 6.54 Å². The van der Waals surface area contributed by atoms with Gasteiger partial charge in [0.25, 0.3) is 0 Å². The lowest BCUT2D eigenvalue weighted by Gasteiger charge is -2.05. The number of hydrogen-bond donors (Lipinski definition) is 2. The van der Waals surface area contributed by atoms with Crippen molar-refractivity contribution in [3.8, 4) is 5.75 Å². The monoisotopic (exact) mass is 290 g/mol. The summed E-state index contributed by atoms with van der Waals surface area (Å²) in [6, 6.07) is 13.1. The highest BCUT2D eigenvalue weighted by molar-refractivity contribution is 7.18. The van der Waals surface area contributed by atoms with Crippen molar-refractivity contribution in [3.63, 3.8) is 0 Å². The predicted octanol–water partition coefficient (Wildman–Crippen LogP) is 4.27. The van der Waals surface area contributed by atoms with Crippen molar-refractivity contribution in [1.29, 1.82) is 0 Å². The summed E-state index contributed by atoms with van der Waals surface area (Å²) in [7, 11) is 0. The number of aromatic hydroxyl groups is 1. The van der Waals surface area contributed by atoms with Gasteiger partial charge in [0.1, 0.15) is 10.8 Å². The molecule has 96 valence electrons. The molecular weight excluding hydrogens is 280 g/mol. The fourth-order valence-corrected chi connectivity index (χ4v) is 2.88. The van der Waals surface area contributed by atoms with E-state index in [2.05, 4.69) is 16.4 Å². The molecule has 0 fully saturated rings. The van der Waals surface area contributed by atoms with Gasteiger partial charge >= 0.3 is 0 Å². The summed E-state index contributed by atoms with van der Waals surface area (Å²) in [5.74, 6) is 0.0900. The zero-order valence-corrected chi connectivity index (χ0v) is 11.5. The Bertz CT molecular complexity index is 693. The van der Waals surface area contributed by atoms with Gasteiger partial charge in [-0.3, -0.25) is 0 Å². The molecule has 2 N–H and O–H groups in total. The SMILES string of the molecule is Oc1ccc(NCc2nc3ccccc3s2)cc1Cl. The molecule has 0 unspecified atom stereocenters. The summed E-state index contributed by atoms with van der Waals surface area (Å²) in [5.41, 5.74) is 1.88. The number of halogens is 1. The van der Waals surface area contributed by atoms with E-state index in [-0.39, 0.29) is 5.75 Å². The quantitative estimate of drug-likeness (QED) is 0.708. The molecule has 0 aliphatic heterocycles. The van der Waals surface area contributed by atoms with Crippen LogP contribution in [-0.2, 0) is 6.54 Å². The molecule has 0 amide bonds. The minimum absolute atomic E-state index is 0.0900. The third kappa shape index (κ3) is 2.64. The Morgan fingerprint density at radius 3 is 2.84 bits per heavy atom. The zero-order valence-electron chi connectivity index (χ0n) is 9.93. The Kier molecular flexibility index (Phi) is 3.27. The van der Waals surface area contributed by atoms with Crippen LogP contribution in [-0.4, -0.2) is 10.1 Å². The maximum Gasteiger partial charge on any atom is 0.134 e. The molecule has 1 heterocycles. The van der Waals surface area contributed by atoms with Gasteiger partial charge in [0, 0.05) is 5.69 Å². The number of hydrogen-bond acceptors (Lipinski definition) is 4. The van der Waals surface area contributed by atoms with Gasteiger partial charge in [-0.2, -0.15) is 0 Å². The van der Waals surface area contributed by atoms with E-state index in [0.29, 0.717) is 11.6 Å². The Morgan fingerprint density at radius 2 is 2.05 bits per heavy atom. The summed E-state index contributed by atoms with van der Waals surface area (Å²) in [4.78, 5) is 4.54. The third-order valence-electron chi connectivity index (χ3n) is 2.73. The third-order valence-corrected chi connectivity index (χ3v) is 4.07. The van der Waals surface area contributed by atoms with Crippen molar-refractivity contribution >= 4 is 38.8 Å². The Hall–Kier alpha value is -1.78. The maximum absolute atomic E-state index is 9.35. The highest BCUT2D eigenvalue weighted by Gasteiger charge is 2.04. The number of thiazole rings is 1. The number of phenols is 1. The van der Waals surface area contributed by atoms with E-state index in [1.54, 1.807) is 29.5 Å². The first-order valence-electron chi connectivity index (χ1n) is 5.79. The number of rotatable bonds is 3. The van der Waals surface area contributed by atoms with Crippen LogP contribution in [0.1, 0.15) is 5.01 Å². The summed E-state index contributed by atoms with van der Waals surface area (Å²) < 4.78 is 1.18. The molecule has 0 saturated carbocycles. The minimum Gasteiger partial charge on any atom is -0.506 e. The van der Waals surface area contributed by atoms with Crippen LogP contribution in [0.2, 0.25) is 5.02 Å². The number of anilines is 1. The summed E-state index contributed by atoms with van der Waals surface area (Å²) in [6.07, 6.45) is 0. The van der Waals surface area contributed by atoms with Gasteiger partial charge in [-0.05, 0) is 30.3 Å². The second kappa shape index (κ2) is 5.07. The highest BCUT2D eigenvalue weighted by Crippen LogP contribution is 2.27. The Labute approximate surface area is 119 Å². The molecule has 0 radical (unpaired) electrons. The van der Waals surface area contributed by atoms with Gasteiger partial charge in [-0.1, -0.05) is 23.7 Å². The van der Waals surface area contributed by atoms with Crippen molar-refractivity contribution in [1.82, 2.24) is 4.98 Å². The number of para-hydroxylation sites is 1. The Morgan fingerprint density at radius 1 is 1.21 bits per heavy atom. The molecule has 3 rings (SSSR count). The van der Waals surface area contributed by atoms with Crippen molar-refractivity contribution in [2.24, 2.45) is 0 Å². The molecule has 0 atom stereocenters. The summed E-state index contributed by atoms with van der Waals surface area (Å²) in [5, 5.41) is 14.0. The van der Waals surface area contributed by atoms with Gasteiger partial charge in [0.15, 0.2) is 0 Å². The molecule has 5 heteroatoms. The van der Waals surface area contributed by atoms with E-state index in [9.17, 15) is 5.11 Å². The topological polar surface area (TPSA) is 45.1 Å². The lowest BCUT2D eigenvalue weighted by molar-refractivity contribution is 0.475. The largest absolute Gasteiger partial charge is 0.506 e. The van der Waals surface area contributed by atoms with E-state index < -0.39 is 0 Å². The van der Waals surface area contributed by atoms with Gasteiger partial charge < -0.3 is 10.4 Å². The van der Waals surface area contributed by atoms with E-state index in [4.69, 9.17) is 11.6 Å². The van der Waals surface area contributed by atoms with E-state index in [1.165, 1.54) is 4.70 Å². The number of aromatic nitrogens is 1. The smallest absolute Gasteiger partial charge is 0.134 e. The van der Waals surface area contributed by atoms with Crippen LogP contribution in [0.25, 0.3) is 10.2 Å². The lowest BCUT2D eigenvalue weighted by atomic mass is 10.3. The van der Waals surface area contributed by atoms with E-state index in [1.807, 2.05) is 18.2 Å². The number of nitrogens with one attached hydrogen (secondary N) is 1. The second-order valence-corrected chi connectivity index (χ2v) is 5.62. The van der Waals surface area contributed by atoms with Gasteiger partial charge in [0.2, 0.25) is 0 Å². The number of nitrogens with zero attached hydrogens (tertiary/aromatic N) is 1. The molecule has 3 aromatic rings. The lowest BCUT2D eigenvalue weighted by Crippen LogP contribution is -1.98. The fraction of sp³-hybridized carbons (Fsp3) is 0.0714. The first kappa shape index (κ1) is 12.3. The average Bonchev–Trinajstić information content (AvgIpc) is 2.83. The molecule has 1 aromatic heterocycles. The molecule has 0 bridgehead atoms. The molecule has 0 aliphatic rings. The number of phenolic OH excluding ortho intramolecular Hbond substituents is 1. The Balaban J connectivity index is 1.76. The molecule has 2 aromatic carbocycles. The first-order chi connectivity index (χ1) is 9.22. The molecule has 3 nitrogen and oxygen atoms in total. The number of benzene rings is 2. The van der Waals surface area contributed by atoms with Crippen LogP contribution in [0.3, 0.4) is 0 Å². The van der Waals surface area contributed by atoms with Crippen LogP contribution in [0, 0.1) is 0 Å². The van der Waals surface area contributed by atoms with Gasteiger partial charge in [-0.15, -0.1) is 11.3 Å². The van der Waals surface area contributed by atoms with Crippen LogP contribution in [0.4, 0.5) is 5.69 Å². The second-order valence-electron chi connectivity index (χ2n) is 4.10. The zero-order chi connectivity index (χ0) is 13.2. The normalized spacial score (nSPS) is 10.8. The van der Waals surface area contributed by atoms with Crippen LogP contribution in [0.15, 0.2) is 42.5 Å². The maximum atomic E-state index is 9.35. The van der Waals surface area contributed by atoms with Gasteiger partial charge in [-0.25, -0.2) is 4.98 Å². The fourth-order valence-electron chi connectivity index (χ4n) is 1.79. The van der Waals surface area contributed by atoms with Crippen LogP contribution in [0.5, 0.6) is 5.75 Å². The predicted molar refractivity (Wildman–Crippen MR) is 80.1 cm³/mol. The standard InChI is InChI=1S/C14H11ClN2OS/c15-10-7-9(5-6-12(10)18)16-8-14-17-11-3-1-2-4-13(11)19-14/h1-7,16,18H,8H2. The van der Waals surface area contributed by atoms with Crippen LogP contribution >= 0.6 is 22.9 Å².